The molecule has 0 bridgehead atoms. The molecule has 214 valence electrons. The van der Waals surface area contributed by atoms with E-state index in [1.54, 1.807) is 6.20 Å². The van der Waals surface area contributed by atoms with Crippen molar-refractivity contribution in [3.63, 3.8) is 0 Å². The van der Waals surface area contributed by atoms with E-state index in [9.17, 15) is 10.5 Å². The number of nitrogens with one attached hydrogen (secondary N) is 3. The monoisotopic (exact) mass is 561 g/mol. The molecule has 0 spiro atoms. The minimum absolute atomic E-state index is 0.265. The van der Waals surface area contributed by atoms with Crippen LogP contribution in [0.5, 0.6) is 0 Å². The van der Waals surface area contributed by atoms with Crippen LogP contribution >= 0.6 is 11.6 Å². The maximum atomic E-state index is 9.68. The van der Waals surface area contributed by atoms with Crippen molar-refractivity contribution in [2.75, 3.05) is 23.7 Å². The quantitative estimate of drug-likeness (QED) is 0.252. The van der Waals surface area contributed by atoms with Crippen molar-refractivity contribution in [3.8, 4) is 12.1 Å². The molecule has 0 amide bonds. The third-order valence-corrected chi connectivity index (χ3v) is 9.33. The normalized spacial score (nSPS) is 25.4. The van der Waals surface area contributed by atoms with Gasteiger partial charge in [0.05, 0.1) is 12.3 Å². The van der Waals surface area contributed by atoms with Gasteiger partial charge in [-0.15, -0.1) is 0 Å². The van der Waals surface area contributed by atoms with Crippen LogP contribution in [0.4, 0.5) is 11.8 Å². The van der Waals surface area contributed by atoms with E-state index in [4.69, 9.17) is 11.6 Å². The second-order valence-corrected chi connectivity index (χ2v) is 12.3. The molecule has 8 heteroatoms. The van der Waals surface area contributed by atoms with Gasteiger partial charge in [0.15, 0.2) is 0 Å². The summed E-state index contributed by atoms with van der Waals surface area (Å²) < 4.78 is 0. The van der Waals surface area contributed by atoms with Crippen molar-refractivity contribution in [1.82, 2.24) is 15.3 Å². The highest BCUT2D eigenvalue weighted by Gasteiger charge is 2.32. The molecule has 0 aliphatic heterocycles. The largest absolute Gasteiger partial charge is 0.369 e. The summed E-state index contributed by atoms with van der Waals surface area (Å²) in [7, 11) is 0. The summed E-state index contributed by atoms with van der Waals surface area (Å²) in [6, 6.07) is 12.9. The molecule has 40 heavy (non-hydrogen) atoms. The molecule has 2 aliphatic carbocycles. The fourth-order valence-electron chi connectivity index (χ4n) is 6.59. The minimum Gasteiger partial charge on any atom is -0.369 e. The van der Waals surface area contributed by atoms with Crippen LogP contribution in [0.2, 0.25) is 5.02 Å². The van der Waals surface area contributed by atoms with E-state index < -0.39 is 0 Å². The molecule has 0 radical (unpaired) electrons. The first-order valence-corrected chi connectivity index (χ1v) is 15.5. The van der Waals surface area contributed by atoms with Crippen LogP contribution in [0.25, 0.3) is 0 Å². The Morgan fingerprint density at radius 2 is 1.77 bits per heavy atom. The number of benzene rings is 1. The fraction of sp³-hybridized carbons (Fsp3) is 0.625. The SMILES string of the molecule is CCCC1C[C@@H](CNc2nc(NCc3ccccc3Cl)ncc2C#N)C[C@H]([C@H](C)NCC2CCC(C#N)CC2)C1. The minimum atomic E-state index is 0.265. The first kappa shape index (κ1) is 30.1. The molecule has 3 N–H and O–H groups in total. The van der Waals surface area contributed by atoms with Gasteiger partial charge in [-0.25, -0.2) is 4.98 Å². The predicted molar refractivity (Wildman–Crippen MR) is 162 cm³/mol. The smallest absolute Gasteiger partial charge is 0.224 e. The molecule has 2 saturated carbocycles. The number of anilines is 2. The molecular weight excluding hydrogens is 518 g/mol. The number of nitrogens with zero attached hydrogens (tertiary/aromatic N) is 4. The van der Waals surface area contributed by atoms with Gasteiger partial charge in [0.25, 0.3) is 0 Å². The Hall–Kier alpha value is -2.87. The van der Waals surface area contributed by atoms with Crippen molar-refractivity contribution in [2.24, 2.45) is 29.6 Å². The number of hydrogen-bond donors (Lipinski definition) is 3. The first-order chi connectivity index (χ1) is 19.5. The lowest BCUT2D eigenvalue weighted by atomic mass is 9.71. The maximum absolute atomic E-state index is 9.68. The molecule has 4 rings (SSSR count). The van der Waals surface area contributed by atoms with Gasteiger partial charge in [-0.1, -0.05) is 49.6 Å². The lowest BCUT2D eigenvalue weighted by Gasteiger charge is -2.39. The second-order valence-electron chi connectivity index (χ2n) is 11.9. The van der Waals surface area contributed by atoms with Crippen molar-refractivity contribution >= 4 is 23.4 Å². The number of hydrogen-bond acceptors (Lipinski definition) is 7. The summed E-state index contributed by atoms with van der Waals surface area (Å²) in [5.74, 6) is 3.94. The van der Waals surface area contributed by atoms with Crippen molar-refractivity contribution in [1.29, 1.82) is 10.5 Å². The highest BCUT2D eigenvalue weighted by molar-refractivity contribution is 6.31. The molecule has 2 aliphatic rings. The van der Waals surface area contributed by atoms with Crippen LogP contribution in [0, 0.1) is 52.3 Å². The molecule has 2 aromatic rings. The highest BCUT2D eigenvalue weighted by Crippen LogP contribution is 2.38. The Morgan fingerprint density at radius 1 is 1.00 bits per heavy atom. The lowest BCUT2D eigenvalue weighted by molar-refractivity contribution is 0.157. The molecule has 1 heterocycles. The van der Waals surface area contributed by atoms with E-state index in [2.05, 4.69) is 51.9 Å². The third kappa shape index (κ3) is 8.56. The van der Waals surface area contributed by atoms with Gasteiger partial charge in [-0.2, -0.15) is 15.5 Å². The zero-order chi connectivity index (χ0) is 28.3. The molecule has 4 atom stereocenters. The number of rotatable bonds is 12. The Kier molecular flexibility index (Phi) is 11.5. The standard InChI is InChI=1S/C32H44ClN7/c1-3-6-25-13-26(15-28(14-25)22(2)36-18-24-11-9-23(16-34)10-12-24)19-37-31-29(17-35)21-39-32(40-31)38-20-27-7-4-5-8-30(27)33/h4-5,7-8,21-26,28,36H,3,6,9-15,18-20H2,1-2H3,(H2,37,38,39,40)/t22-,23?,24?,25?,26+,28+/m0/s1. The average molecular weight is 562 g/mol. The van der Waals surface area contributed by atoms with Crippen LogP contribution in [0.1, 0.15) is 82.8 Å². The molecule has 1 unspecified atom stereocenters. The van der Waals surface area contributed by atoms with Gasteiger partial charge in [0.2, 0.25) is 5.95 Å². The van der Waals surface area contributed by atoms with Crippen molar-refractivity contribution in [3.05, 3.63) is 46.6 Å². The van der Waals surface area contributed by atoms with Crippen molar-refractivity contribution in [2.45, 2.75) is 84.2 Å². The number of halogens is 1. The number of aromatic nitrogens is 2. The van der Waals surface area contributed by atoms with Gasteiger partial charge >= 0.3 is 0 Å². The zero-order valence-corrected chi connectivity index (χ0v) is 24.8. The molecule has 2 fully saturated rings. The Morgan fingerprint density at radius 3 is 2.50 bits per heavy atom. The van der Waals surface area contributed by atoms with E-state index in [1.807, 2.05) is 24.3 Å². The van der Waals surface area contributed by atoms with E-state index >= 15 is 0 Å². The van der Waals surface area contributed by atoms with Crippen molar-refractivity contribution < 1.29 is 0 Å². The zero-order valence-electron chi connectivity index (χ0n) is 24.0. The summed E-state index contributed by atoms with van der Waals surface area (Å²) >= 11 is 6.29. The average Bonchev–Trinajstić information content (AvgIpc) is 2.98. The molecular formula is C32H44ClN7. The van der Waals surface area contributed by atoms with E-state index in [0.717, 1.165) is 37.4 Å². The Bertz CT molecular complexity index is 1160. The van der Waals surface area contributed by atoms with Gasteiger partial charge in [0, 0.05) is 30.1 Å². The van der Waals surface area contributed by atoms with Gasteiger partial charge < -0.3 is 16.0 Å². The highest BCUT2D eigenvalue weighted by atomic mass is 35.5. The van der Waals surface area contributed by atoms with Gasteiger partial charge in [-0.05, 0) is 93.7 Å². The van der Waals surface area contributed by atoms with Crippen LogP contribution in [-0.4, -0.2) is 29.1 Å². The second kappa shape index (κ2) is 15.2. The van der Waals surface area contributed by atoms with Crippen LogP contribution in [-0.2, 0) is 6.54 Å². The molecule has 7 nitrogen and oxygen atoms in total. The lowest BCUT2D eigenvalue weighted by Crippen LogP contribution is -2.41. The number of nitriles is 2. The first-order valence-electron chi connectivity index (χ1n) is 15.1. The van der Waals surface area contributed by atoms with E-state index in [0.29, 0.717) is 52.7 Å². The van der Waals surface area contributed by atoms with E-state index in [1.165, 1.54) is 44.9 Å². The Balaban J connectivity index is 1.33. The summed E-state index contributed by atoms with van der Waals surface area (Å²) in [6.45, 7) is 7.02. The molecule has 1 aromatic heterocycles. The van der Waals surface area contributed by atoms with Crippen LogP contribution in [0.15, 0.2) is 30.5 Å². The summed E-state index contributed by atoms with van der Waals surface area (Å²) in [4.78, 5) is 8.98. The maximum Gasteiger partial charge on any atom is 0.224 e. The fourth-order valence-corrected chi connectivity index (χ4v) is 6.79. The summed E-state index contributed by atoms with van der Waals surface area (Å²) in [5, 5.41) is 30.2. The van der Waals surface area contributed by atoms with Crippen LogP contribution in [0.3, 0.4) is 0 Å². The van der Waals surface area contributed by atoms with E-state index in [-0.39, 0.29) is 5.92 Å². The van der Waals surface area contributed by atoms with Gasteiger partial charge in [0.1, 0.15) is 17.5 Å². The molecule has 1 aromatic carbocycles. The summed E-state index contributed by atoms with van der Waals surface area (Å²) in [5.41, 5.74) is 1.43. The summed E-state index contributed by atoms with van der Waals surface area (Å²) in [6.07, 6.45) is 12.2. The third-order valence-electron chi connectivity index (χ3n) is 8.96. The van der Waals surface area contributed by atoms with Crippen LogP contribution < -0.4 is 16.0 Å². The molecule has 0 saturated heterocycles. The van der Waals surface area contributed by atoms with Gasteiger partial charge in [-0.3, -0.25) is 0 Å². The Labute approximate surface area is 245 Å². The predicted octanol–water partition coefficient (Wildman–Crippen LogP) is 7.17. The topological polar surface area (TPSA) is 109 Å².